The molecule has 0 saturated carbocycles. The van der Waals surface area contributed by atoms with Gasteiger partial charge in [0.2, 0.25) is 5.95 Å². The minimum atomic E-state index is 0.484. The molecule has 0 amide bonds. The number of hydrogen-bond acceptors (Lipinski definition) is 4. The molecular formula is C12H20N4. The molecule has 2 rings (SSSR count). The first-order chi connectivity index (χ1) is 7.58. The Bertz CT molecular complexity index is 366. The van der Waals surface area contributed by atoms with Gasteiger partial charge in [-0.1, -0.05) is 13.8 Å². The SMILES string of the molecule is CC1CC(C)C(C)N(c2nccc(N)n2)C1. The van der Waals surface area contributed by atoms with Crippen LogP contribution in [0.3, 0.4) is 0 Å². The lowest BCUT2D eigenvalue weighted by Crippen LogP contribution is -2.46. The summed E-state index contributed by atoms with van der Waals surface area (Å²) in [6.07, 6.45) is 3.01. The molecular weight excluding hydrogens is 200 g/mol. The van der Waals surface area contributed by atoms with Gasteiger partial charge in [0.05, 0.1) is 0 Å². The minimum Gasteiger partial charge on any atom is -0.384 e. The van der Waals surface area contributed by atoms with E-state index in [-0.39, 0.29) is 0 Å². The first-order valence-corrected chi connectivity index (χ1v) is 5.93. The number of nitrogens with zero attached hydrogens (tertiary/aromatic N) is 3. The van der Waals surface area contributed by atoms with E-state index in [9.17, 15) is 0 Å². The number of nitrogen functional groups attached to an aromatic ring is 1. The molecule has 3 unspecified atom stereocenters. The zero-order valence-electron chi connectivity index (χ0n) is 10.2. The molecule has 1 fully saturated rings. The molecule has 1 aromatic rings. The maximum absolute atomic E-state index is 5.70. The van der Waals surface area contributed by atoms with E-state index >= 15 is 0 Å². The lowest BCUT2D eigenvalue weighted by molar-refractivity contribution is 0.294. The van der Waals surface area contributed by atoms with Crippen LogP contribution in [0.4, 0.5) is 11.8 Å². The summed E-state index contributed by atoms with van der Waals surface area (Å²) in [5.74, 6) is 2.68. The molecule has 1 aliphatic rings. The molecule has 0 spiro atoms. The van der Waals surface area contributed by atoms with Gasteiger partial charge in [0.15, 0.2) is 0 Å². The Labute approximate surface area is 96.9 Å². The van der Waals surface area contributed by atoms with Crippen LogP contribution in [0.25, 0.3) is 0 Å². The van der Waals surface area contributed by atoms with Crippen LogP contribution < -0.4 is 10.6 Å². The minimum absolute atomic E-state index is 0.484. The van der Waals surface area contributed by atoms with Crippen LogP contribution in [0.1, 0.15) is 27.2 Å². The van der Waals surface area contributed by atoms with Gasteiger partial charge < -0.3 is 10.6 Å². The molecule has 88 valence electrons. The van der Waals surface area contributed by atoms with E-state index in [0.717, 1.165) is 12.5 Å². The summed E-state index contributed by atoms with van der Waals surface area (Å²) >= 11 is 0. The molecule has 3 atom stereocenters. The zero-order valence-corrected chi connectivity index (χ0v) is 10.2. The summed E-state index contributed by atoms with van der Waals surface area (Å²) in [4.78, 5) is 10.9. The van der Waals surface area contributed by atoms with Crippen molar-refractivity contribution in [3.63, 3.8) is 0 Å². The Morgan fingerprint density at radius 1 is 1.38 bits per heavy atom. The predicted molar refractivity (Wildman–Crippen MR) is 66.2 cm³/mol. The van der Waals surface area contributed by atoms with E-state index in [1.54, 1.807) is 12.3 Å². The number of rotatable bonds is 1. The molecule has 2 N–H and O–H groups in total. The molecule has 0 aromatic carbocycles. The van der Waals surface area contributed by atoms with Crippen molar-refractivity contribution in [3.05, 3.63) is 12.3 Å². The number of anilines is 2. The van der Waals surface area contributed by atoms with Crippen molar-refractivity contribution in [2.45, 2.75) is 33.2 Å². The van der Waals surface area contributed by atoms with E-state index in [1.165, 1.54) is 6.42 Å². The molecule has 16 heavy (non-hydrogen) atoms. The van der Waals surface area contributed by atoms with Gasteiger partial charge in [-0.3, -0.25) is 0 Å². The molecule has 0 aliphatic carbocycles. The van der Waals surface area contributed by atoms with E-state index in [2.05, 4.69) is 35.6 Å². The third-order valence-electron chi connectivity index (χ3n) is 3.52. The lowest BCUT2D eigenvalue weighted by Gasteiger charge is -2.41. The Morgan fingerprint density at radius 3 is 2.81 bits per heavy atom. The smallest absolute Gasteiger partial charge is 0.227 e. The quantitative estimate of drug-likeness (QED) is 0.785. The Kier molecular flexibility index (Phi) is 2.99. The maximum Gasteiger partial charge on any atom is 0.227 e. The van der Waals surface area contributed by atoms with Crippen LogP contribution in [0.2, 0.25) is 0 Å². The Balaban J connectivity index is 2.25. The first kappa shape index (κ1) is 11.2. The summed E-state index contributed by atoms with van der Waals surface area (Å²) in [6.45, 7) is 7.83. The molecule has 1 aromatic heterocycles. The predicted octanol–water partition coefficient (Wildman–Crippen LogP) is 1.93. The highest BCUT2D eigenvalue weighted by atomic mass is 15.3. The van der Waals surface area contributed by atoms with Crippen molar-refractivity contribution < 1.29 is 0 Å². The summed E-state index contributed by atoms with van der Waals surface area (Å²) in [6, 6.07) is 2.21. The third-order valence-corrected chi connectivity index (χ3v) is 3.52. The maximum atomic E-state index is 5.70. The second-order valence-electron chi connectivity index (χ2n) is 4.99. The van der Waals surface area contributed by atoms with Crippen molar-refractivity contribution in [3.8, 4) is 0 Å². The fourth-order valence-electron chi connectivity index (χ4n) is 2.48. The second-order valence-corrected chi connectivity index (χ2v) is 4.99. The van der Waals surface area contributed by atoms with Gasteiger partial charge in [-0.2, -0.15) is 4.98 Å². The zero-order chi connectivity index (χ0) is 11.7. The molecule has 2 heterocycles. The monoisotopic (exact) mass is 220 g/mol. The molecule has 4 heteroatoms. The number of nitrogens with two attached hydrogens (primary N) is 1. The summed E-state index contributed by atoms with van der Waals surface area (Å²) in [5, 5.41) is 0. The second kappa shape index (κ2) is 4.28. The van der Waals surface area contributed by atoms with Crippen molar-refractivity contribution in [2.75, 3.05) is 17.2 Å². The molecule has 4 nitrogen and oxygen atoms in total. The standard InChI is InChI=1S/C12H20N4/c1-8-6-9(2)10(3)16(7-8)12-14-5-4-11(13)15-12/h4-5,8-10H,6-7H2,1-3H3,(H2,13,14,15). The Morgan fingerprint density at radius 2 is 2.12 bits per heavy atom. The molecule has 1 aliphatic heterocycles. The number of piperidine rings is 1. The van der Waals surface area contributed by atoms with E-state index in [4.69, 9.17) is 5.73 Å². The van der Waals surface area contributed by atoms with Crippen LogP contribution in [-0.4, -0.2) is 22.6 Å². The van der Waals surface area contributed by atoms with Gasteiger partial charge in [0.1, 0.15) is 5.82 Å². The van der Waals surface area contributed by atoms with Gasteiger partial charge >= 0.3 is 0 Å². The third kappa shape index (κ3) is 2.10. The highest BCUT2D eigenvalue weighted by Crippen LogP contribution is 2.29. The summed E-state index contributed by atoms with van der Waals surface area (Å²) < 4.78 is 0. The van der Waals surface area contributed by atoms with Crippen molar-refractivity contribution in [1.82, 2.24) is 9.97 Å². The summed E-state index contributed by atoms with van der Waals surface area (Å²) in [5.41, 5.74) is 5.70. The van der Waals surface area contributed by atoms with Gasteiger partial charge in [-0.15, -0.1) is 0 Å². The topological polar surface area (TPSA) is 55.0 Å². The van der Waals surface area contributed by atoms with Crippen molar-refractivity contribution in [1.29, 1.82) is 0 Å². The highest BCUT2D eigenvalue weighted by molar-refractivity contribution is 5.39. The van der Waals surface area contributed by atoms with E-state index in [1.807, 2.05) is 0 Å². The normalized spacial score (nSPS) is 30.4. The number of hydrogen-bond donors (Lipinski definition) is 1. The van der Waals surface area contributed by atoms with Crippen molar-refractivity contribution in [2.24, 2.45) is 11.8 Å². The van der Waals surface area contributed by atoms with Gasteiger partial charge in [0.25, 0.3) is 0 Å². The van der Waals surface area contributed by atoms with Gasteiger partial charge in [-0.05, 0) is 31.2 Å². The van der Waals surface area contributed by atoms with Crippen molar-refractivity contribution >= 4 is 11.8 Å². The number of aromatic nitrogens is 2. The van der Waals surface area contributed by atoms with Gasteiger partial charge in [-0.25, -0.2) is 4.98 Å². The van der Waals surface area contributed by atoms with Crippen LogP contribution in [0.5, 0.6) is 0 Å². The van der Waals surface area contributed by atoms with Gasteiger partial charge in [0, 0.05) is 18.8 Å². The van der Waals surface area contributed by atoms with Crippen LogP contribution in [-0.2, 0) is 0 Å². The average Bonchev–Trinajstić information content (AvgIpc) is 2.23. The largest absolute Gasteiger partial charge is 0.384 e. The first-order valence-electron chi connectivity index (χ1n) is 5.93. The van der Waals surface area contributed by atoms with Crippen LogP contribution in [0.15, 0.2) is 12.3 Å². The van der Waals surface area contributed by atoms with E-state index < -0.39 is 0 Å². The van der Waals surface area contributed by atoms with Crippen LogP contribution >= 0.6 is 0 Å². The summed E-state index contributed by atoms with van der Waals surface area (Å²) in [7, 11) is 0. The van der Waals surface area contributed by atoms with Crippen LogP contribution in [0, 0.1) is 11.8 Å². The average molecular weight is 220 g/mol. The van der Waals surface area contributed by atoms with E-state index in [0.29, 0.717) is 23.7 Å². The fraction of sp³-hybridized carbons (Fsp3) is 0.667. The molecule has 0 radical (unpaired) electrons. The molecule has 0 bridgehead atoms. The molecule has 1 saturated heterocycles. The lowest BCUT2D eigenvalue weighted by atomic mass is 9.86. The fourth-order valence-corrected chi connectivity index (χ4v) is 2.48. The highest BCUT2D eigenvalue weighted by Gasteiger charge is 2.30. The Hall–Kier alpha value is -1.32.